The number of benzene rings is 1. The van der Waals surface area contributed by atoms with E-state index in [1.165, 1.54) is 5.56 Å². The Morgan fingerprint density at radius 1 is 1.24 bits per heavy atom. The summed E-state index contributed by atoms with van der Waals surface area (Å²) < 4.78 is 13.5. The van der Waals surface area contributed by atoms with Gasteiger partial charge in [0.2, 0.25) is 0 Å². The molecule has 0 aliphatic rings. The van der Waals surface area contributed by atoms with Crippen molar-refractivity contribution in [3.05, 3.63) is 42.0 Å². The first-order valence-electron chi connectivity index (χ1n) is 7.24. The molecule has 0 aliphatic carbocycles. The zero-order valence-electron chi connectivity index (χ0n) is 12.9. The summed E-state index contributed by atoms with van der Waals surface area (Å²) in [6.45, 7) is 3.99. The zero-order chi connectivity index (χ0) is 15.1. The second-order valence-electron chi connectivity index (χ2n) is 4.80. The van der Waals surface area contributed by atoms with Crippen LogP contribution in [-0.4, -0.2) is 29.8 Å². The van der Waals surface area contributed by atoms with Gasteiger partial charge in [-0.3, -0.25) is 0 Å². The number of hydrogen-bond donors (Lipinski definition) is 1. The molecule has 0 atom stereocenters. The fourth-order valence-corrected chi connectivity index (χ4v) is 2.14. The first-order chi connectivity index (χ1) is 10.2. The molecule has 0 fully saturated rings. The molecule has 0 unspecified atom stereocenters. The maximum absolute atomic E-state index is 5.85. The topological polar surface area (TPSA) is 48.3 Å². The highest BCUT2D eigenvalue weighted by Gasteiger charge is 2.07. The lowest BCUT2D eigenvalue weighted by molar-refractivity contribution is 0.277. The van der Waals surface area contributed by atoms with Crippen molar-refractivity contribution < 1.29 is 9.47 Å². The van der Waals surface area contributed by atoms with Gasteiger partial charge in [-0.2, -0.15) is 0 Å². The van der Waals surface area contributed by atoms with Gasteiger partial charge < -0.3 is 19.4 Å². The summed E-state index contributed by atoms with van der Waals surface area (Å²) >= 11 is 0. The van der Waals surface area contributed by atoms with E-state index in [0.29, 0.717) is 13.2 Å². The predicted molar refractivity (Wildman–Crippen MR) is 82.8 cm³/mol. The number of imidazole rings is 1. The first-order valence-corrected chi connectivity index (χ1v) is 7.24. The van der Waals surface area contributed by atoms with Crippen molar-refractivity contribution in [2.24, 2.45) is 7.05 Å². The number of aryl methyl sites for hydroxylation is 1. The zero-order valence-corrected chi connectivity index (χ0v) is 12.9. The molecule has 0 saturated carbocycles. The van der Waals surface area contributed by atoms with Gasteiger partial charge in [-0.05, 0) is 31.7 Å². The van der Waals surface area contributed by atoms with E-state index in [2.05, 4.69) is 16.4 Å². The molecule has 0 saturated heterocycles. The largest absolute Gasteiger partial charge is 0.490 e. The van der Waals surface area contributed by atoms with E-state index >= 15 is 0 Å². The van der Waals surface area contributed by atoms with E-state index in [-0.39, 0.29) is 0 Å². The molecule has 5 nitrogen and oxygen atoms in total. The lowest BCUT2D eigenvalue weighted by Crippen LogP contribution is -2.08. The van der Waals surface area contributed by atoms with E-state index in [9.17, 15) is 0 Å². The number of hydrogen-bond acceptors (Lipinski definition) is 4. The third-order valence-electron chi connectivity index (χ3n) is 3.19. The second-order valence-corrected chi connectivity index (χ2v) is 4.80. The smallest absolute Gasteiger partial charge is 0.161 e. The Morgan fingerprint density at radius 2 is 2.10 bits per heavy atom. The molecule has 21 heavy (non-hydrogen) atoms. The summed E-state index contributed by atoms with van der Waals surface area (Å²) in [4.78, 5) is 4.29. The van der Waals surface area contributed by atoms with E-state index in [4.69, 9.17) is 9.47 Å². The Kier molecular flexibility index (Phi) is 5.63. The van der Waals surface area contributed by atoms with E-state index in [1.54, 1.807) is 6.20 Å². The van der Waals surface area contributed by atoms with Crippen molar-refractivity contribution in [2.75, 3.05) is 20.3 Å². The maximum atomic E-state index is 5.85. The van der Waals surface area contributed by atoms with Gasteiger partial charge in [0, 0.05) is 32.4 Å². The van der Waals surface area contributed by atoms with Crippen LogP contribution in [-0.2, 0) is 20.0 Å². The number of ether oxygens (including phenoxy) is 2. The van der Waals surface area contributed by atoms with Gasteiger partial charge in [0.05, 0.1) is 13.2 Å². The minimum Gasteiger partial charge on any atom is -0.490 e. The highest BCUT2D eigenvalue weighted by atomic mass is 16.5. The number of aromatic nitrogens is 2. The highest BCUT2D eigenvalue weighted by Crippen LogP contribution is 2.28. The minimum atomic E-state index is 0.580. The molecule has 0 bridgehead atoms. The highest BCUT2D eigenvalue weighted by molar-refractivity contribution is 5.43. The molecule has 0 aliphatic heterocycles. The van der Waals surface area contributed by atoms with Crippen LogP contribution < -0.4 is 14.8 Å². The quantitative estimate of drug-likeness (QED) is 0.809. The summed E-state index contributed by atoms with van der Waals surface area (Å²) in [6.07, 6.45) is 4.51. The average molecular weight is 289 g/mol. The van der Waals surface area contributed by atoms with Gasteiger partial charge in [-0.1, -0.05) is 6.07 Å². The van der Waals surface area contributed by atoms with Crippen LogP contribution >= 0.6 is 0 Å². The van der Waals surface area contributed by atoms with Crippen molar-refractivity contribution in [3.63, 3.8) is 0 Å². The van der Waals surface area contributed by atoms with Crippen LogP contribution in [0.5, 0.6) is 11.5 Å². The molecule has 5 heteroatoms. The fourth-order valence-electron chi connectivity index (χ4n) is 2.14. The third-order valence-corrected chi connectivity index (χ3v) is 3.19. The van der Waals surface area contributed by atoms with Crippen molar-refractivity contribution in [3.8, 4) is 11.5 Å². The molecule has 1 heterocycles. The normalized spacial score (nSPS) is 10.6. The summed E-state index contributed by atoms with van der Waals surface area (Å²) in [5.74, 6) is 2.59. The van der Waals surface area contributed by atoms with E-state index in [1.807, 2.05) is 43.9 Å². The Bertz CT molecular complexity index is 566. The third kappa shape index (κ3) is 4.23. The lowest BCUT2D eigenvalue weighted by Gasteiger charge is -2.13. The second kappa shape index (κ2) is 7.69. The molecule has 1 aromatic carbocycles. The van der Waals surface area contributed by atoms with Crippen LogP contribution in [0.1, 0.15) is 18.3 Å². The standard InChI is InChI=1S/C16H23N3O2/c1-4-20-15-11-13(12-17-2)5-6-14(15)21-10-7-16-18-8-9-19(16)3/h5-6,8-9,11,17H,4,7,10,12H2,1-3H3. The van der Waals surface area contributed by atoms with Gasteiger partial charge in [-0.15, -0.1) is 0 Å². The Balaban J connectivity index is 1.99. The monoisotopic (exact) mass is 289 g/mol. The number of rotatable bonds is 8. The van der Waals surface area contributed by atoms with Crippen LogP contribution in [0.2, 0.25) is 0 Å². The van der Waals surface area contributed by atoms with Crippen LogP contribution in [0, 0.1) is 0 Å². The lowest BCUT2D eigenvalue weighted by atomic mass is 10.2. The maximum Gasteiger partial charge on any atom is 0.161 e. The van der Waals surface area contributed by atoms with Crippen LogP contribution in [0.15, 0.2) is 30.6 Å². The summed E-state index contributed by atoms with van der Waals surface area (Å²) in [5.41, 5.74) is 1.18. The van der Waals surface area contributed by atoms with Crippen molar-refractivity contribution in [1.29, 1.82) is 0 Å². The molecule has 0 radical (unpaired) electrons. The molecule has 1 aromatic heterocycles. The molecular weight excluding hydrogens is 266 g/mol. The molecule has 0 amide bonds. The Morgan fingerprint density at radius 3 is 2.76 bits per heavy atom. The van der Waals surface area contributed by atoms with Gasteiger partial charge >= 0.3 is 0 Å². The van der Waals surface area contributed by atoms with Crippen LogP contribution in [0.25, 0.3) is 0 Å². The van der Waals surface area contributed by atoms with Crippen molar-refractivity contribution in [2.45, 2.75) is 19.9 Å². The van der Waals surface area contributed by atoms with E-state index in [0.717, 1.165) is 30.3 Å². The Hall–Kier alpha value is -2.01. The molecule has 2 rings (SSSR count). The van der Waals surface area contributed by atoms with Crippen LogP contribution in [0.3, 0.4) is 0 Å². The van der Waals surface area contributed by atoms with Gasteiger partial charge in [0.1, 0.15) is 5.82 Å². The first kappa shape index (κ1) is 15.4. The van der Waals surface area contributed by atoms with Gasteiger partial charge in [0.25, 0.3) is 0 Å². The van der Waals surface area contributed by atoms with Crippen LogP contribution in [0.4, 0.5) is 0 Å². The minimum absolute atomic E-state index is 0.580. The Labute approximate surface area is 125 Å². The summed E-state index contributed by atoms with van der Waals surface area (Å²) in [7, 11) is 3.91. The summed E-state index contributed by atoms with van der Waals surface area (Å²) in [5, 5.41) is 3.13. The molecule has 0 spiro atoms. The molecule has 114 valence electrons. The predicted octanol–water partition coefficient (Wildman–Crippen LogP) is 2.16. The molecule has 2 aromatic rings. The van der Waals surface area contributed by atoms with E-state index < -0.39 is 0 Å². The molecular formula is C16H23N3O2. The number of nitrogens with one attached hydrogen (secondary N) is 1. The fraction of sp³-hybridized carbons (Fsp3) is 0.438. The SMILES string of the molecule is CCOc1cc(CNC)ccc1OCCc1nccn1C. The van der Waals surface area contributed by atoms with Gasteiger partial charge in [-0.25, -0.2) is 4.98 Å². The van der Waals surface area contributed by atoms with Crippen molar-refractivity contribution in [1.82, 2.24) is 14.9 Å². The van der Waals surface area contributed by atoms with Gasteiger partial charge in [0.15, 0.2) is 11.5 Å². The van der Waals surface area contributed by atoms with Crippen molar-refractivity contribution >= 4 is 0 Å². The molecule has 1 N–H and O–H groups in total. The number of nitrogens with zero attached hydrogens (tertiary/aromatic N) is 2. The summed E-state index contributed by atoms with van der Waals surface area (Å²) in [6, 6.07) is 6.04. The average Bonchev–Trinajstić information content (AvgIpc) is 2.87.